The van der Waals surface area contributed by atoms with E-state index in [1.54, 1.807) is 6.20 Å². The van der Waals surface area contributed by atoms with Crippen LogP contribution in [0.25, 0.3) is 0 Å². The second kappa shape index (κ2) is 3.72. The maximum Gasteiger partial charge on any atom is 0.115 e. The molecule has 0 aliphatic carbocycles. The summed E-state index contributed by atoms with van der Waals surface area (Å²) in [6, 6.07) is 0. The lowest BCUT2D eigenvalue weighted by Gasteiger charge is -2.18. The highest BCUT2D eigenvalue weighted by molar-refractivity contribution is 5.85. The topological polar surface area (TPSA) is 51.8 Å². The zero-order valence-electron chi connectivity index (χ0n) is 7.53. The first-order valence-corrected chi connectivity index (χ1v) is 3.58. The van der Waals surface area contributed by atoms with Crippen LogP contribution < -0.4 is 5.73 Å². The van der Waals surface area contributed by atoms with Gasteiger partial charge >= 0.3 is 0 Å². The minimum Gasteiger partial charge on any atom is -0.396 e. The van der Waals surface area contributed by atoms with E-state index in [2.05, 4.69) is 30.7 Å². The first kappa shape index (κ1) is 11.2. The Morgan fingerprint density at radius 1 is 1.33 bits per heavy atom. The molecule has 0 saturated carbocycles. The van der Waals surface area contributed by atoms with Gasteiger partial charge in [0, 0.05) is 5.41 Å². The molecule has 0 amide bonds. The second-order valence-corrected chi connectivity index (χ2v) is 3.58. The number of aromatic nitrogens is 2. The van der Waals surface area contributed by atoms with Crippen LogP contribution in [0.5, 0.6) is 0 Å². The summed E-state index contributed by atoms with van der Waals surface area (Å²) in [5.74, 6) is 0. The number of halogens is 1. The molecular formula is C8H14ClN3. The normalized spacial score (nSPS) is 10.6. The van der Waals surface area contributed by atoms with Crippen LogP contribution in [-0.2, 0) is 5.41 Å². The summed E-state index contributed by atoms with van der Waals surface area (Å²) in [6.45, 7) is 6.23. The summed E-state index contributed by atoms with van der Waals surface area (Å²) < 4.78 is 0. The number of hydrogen-bond donors (Lipinski definition) is 1. The number of nitrogen functional groups attached to an aromatic ring is 1. The minimum absolute atomic E-state index is 0. The molecule has 2 N–H and O–H groups in total. The fourth-order valence-corrected chi connectivity index (χ4v) is 0.967. The van der Waals surface area contributed by atoms with E-state index in [1.165, 1.54) is 6.33 Å². The lowest BCUT2D eigenvalue weighted by Crippen LogP contribution is -2.16. The van der Waals surface area contributed by atoms with Crippen molar-refractivity contribution in [1.82, 2.24) is 9.97 Å². The molecule has 1 aromatic heterocycles. The lowest BCUT2D eigenvalue weighted by atomic mass is 9.91. The van der Waals surface area contributed by atoms with E-state index in [0.717, 1.165) is 5.69 Å². The van der Waals surface area contributed by atoms with Crippen LogP contribution in [0.1, 0.15) is 26.5 Å². The summed E-state index contributed by atoms with van der Waals surface area (Å²) in [6.07, 6.45) is 3.16. The Bertz CT molecular complexity index is 255. The van der Waals surface area contributed by atoms with E-state index >= 15 is 0 Å². The summed E-state index contributed by atoms with van der Waals surface area (Å²) in [7, 11) is 0. The van der Waals surface area contributed by atoms with E-state index in [4.69, 9.17) is 5.73 Å². The van der Waals surface area contributed by atoms with Gasteiger partial charge in [0.15, 0.2) is 0 Å². The highest BCUT2D eigenvalue weighted by Crippen LogP contribution is 2.23. The predicted molar refractivity (Wildman–Crippen MR) is 52.4 cm³/mol. The van der Waals surface area contributed by atoms with Crippen molar-refractivity contribution in [3.05, 3.63) is 18.2 Å². The molecule has 0 atom stereocenters. The van der Waals surface area contributed by atoms with Crippen LogP contribution in [-0.4, -0.2) is 9.97 Å². The van der Waals surface area contributed by atoms with Crippen LogP contribution in [0.15, 0.2) is 12.5 Å². The Morgan fingerprint density at radius 2 is 1.92 bits per heavy atom. The van der Waals surface area contributed by atoms with Crippen LogP contribution in [0.2, 0.25) is 0 Å². The van der Waals surface area contributed by atoms with E-state index in [-0.39, 0.29) is 17.8 Å². The zero-order valence-corrected chi connectivity index (χ0v) is 8.35. The van der Waals surface area contributed by atoms with E-state index in [0.29, 0.717) is 5.69 Å². The summed E-state index contributed by atoms with van der Waals surface area (Å²) in [4.78, 5) is 7.94. The molecule has 0 fully saturated rings. The SMILES string of the molecule is CC(C)(C)c1ncncc1N.Cl. The van der Waals surface area contributed by atoms with Gasteiger partial charge in [0.2, 0.25) is 0 Å². The monoisotopic (exact) mass is 187 g/mol. The number of nitrogens with zero attached hydrogens (tertiary/aromatic N) is 2. The number of anilines is 1. The average molecular weight is 188 g/mol. The summed E-state index contributed by atoms with van der Waals surface area (Å²) in [5.41, 5.74) is 7.27. The maximum atomic E-state index is 5.68. The van der Waals surface area contributed by atoms with Crippen LogP contribution in [0.3, 0.4) is 0 Å². The van der Waals surface area contributed by atoms with Crippen molar-refractivity contribution >= 4 is 18.1 Å². The first-order chi connectivity index (χ1) is 5.02. The lowest BCUT2D eigenvalue weighted by molar-refractivity contribution is 0.569. The molecule has 1 heterocycles. The van der Waals surface area contributed by atoms with E-state index in [9.17, 15) is 0 Å². The third-order valence-electron chi connectivity index (χ3n) is 1.45. The fraction of sp³-hybridized carbons (Fsp3) is 0.500. The molecule has 0 radical (unpaired) electrons. The van der Waals surface area contributed by atoms with Gasteiger partial charge < -0.3 is 5.73 Å². The third kappa shape index (κ3) is 2.34. The van der Waals surface area contributed by atoms with E-state index < -0.39 is 0 Å². The van der Waals surface area contributed by atoms with Crippen molar-refractivity contribution in [2.45, 2.75) is 26.2 Å². The quantitative estimate of drug-likeness (QED) is 0.674. The van der Waals surface area contributed by atoms with Crippen molar-refractivity contribution in [1.29, 1.82) is 0 Å². The van der Waals surface area contributed by atoms with Crippen LogP contribution in [0, 0.1) is 0 Å². The molecule has 0 unspecified atom stereocenters. The van der Waals surface area contributed by atoms with Crippen LogP contribution >= 0.6 is 12.4 Å². The van der Waals surface area contributed by atoms with Gasteiger partial charge in [-0.25, -0.2) is 9.97 Å². The van der Waals surface area contributed by atoms with Gasteiger partial charge in [-0.05, 0) is 0 Å². The minimum atomic E-state index is 0. The Labute approximate surface area is 78.8 Å². The van der Waals surface area contributed by atoms with E-state index in [1.807, 2.05) is 0 Å². The van der Waals surface area contributed by atoms with Gasteiger partial charge in [-0.15, -0.1) is 12.4 Å². The maximum absolute atomic E-state index is 5.68. The molecule has 4 heteroatoms. The van der Waals surface area contributed by atoms with Gasteiger partial charge in [-0.1, -0.05) is 20.8 Å². The molecule has 0 spiro atoms. The Hall–Kier alpha value is -0.830. The smallest absolute Gasteiger partial charge is 0.115 e. The number of hydrogen-bond acceptors (Lipinski definition) is 3. The Balaban J connectivity index is 0.00000121. The molecule has 0 aliphatic rings. The molecule has 0 bridgehead atoms. The van der Waals surface area contributed by atoms with Crippen molar-refractivity contribution in [2.24, 2.45) is 0 Å². The van der Waals surface area contributed by atoms with Crippen molar-refractivity contribution in [3.8, 4) is 0 Å². The molecule has 0 aliphatic heterocycles. The highest BCUT2D eigenvalue weighted by Gasteiger charge is 2.17. The van der Waals surface area contributed by atoms with Gasteiger partial charge in [0.1, 0.15) is 6.33 Å². The van der Waals surface area contributed by atoms with Crippen molar-refractivity contribution in [2.75, 3.05) is 5.73 Å². The average Bonchev–Trinajstić information content (AvgIpc) is 1.86. The molecule has 68 valence electrons. The summed E-state index contributed by atoms with van der Waals surface area (Å²) in [5, 5.41) is 0. The number of rotatable bonds is 0. The largest absolute Gasteiger partial charge is 0.396 e. The fourth-order valence-electron chi connectivity index (χ4n) is 0.967. The summed E-state index contributed by atoms with van der Waals surface area (Å²) >= 11 is 0. The van der Waals surface area contributed by atoms with Gasteiger partial charge in [0.05, 0.1) is 17.6 Å². The Kier molecular flexibility index (Phi) is 3.46. The molecule has 1 rings (SSSR count). The second-order valence-electron chi connectivity index (χ2n) is 3.58. The van der Waals surface area contributed by atoms with Crippen LogP contribution in [0.4, 0.5) is 5.69 Å². The molecular weight excluding hydrogens is 174 g/mol. The molecule has 0 aromatic carbocycles. The molecule has 12 heavy (non-hydrogen) atoms. The molecule has 3 nitrogen and oxygen atoms in total. The number of nitrogens with two attached hydrogens (primary N) is 1. The van der Waals surface area contributed by atoms with Gasteiger partial charge in [-0.3, -0.25) is 0 Å². The van der Waals surface area contributed by atoms with Crippen molar-refractivity contribution in [3.63, 3.8) is 0 Å². The predicted octanol–water partition coefficient (Wildman–Crippen LogP) is 1.78. The Morgan fingerprint density at radius 3 is 2.25 bits per heavy atom. The molecule has 1 aromatic rings. The standard InChI is InChI=1S/C8H13N3.ClH/c1-8(2,3)7-6(9)4-10-5-11-7;/h4-5H,9H2,1-3H3;1H. The third-order valence-corrected chi connectivity index (χ3v) is 1.45. The van der Waals surface area contributed by atoms with Gasteiger partial charge in [0.25, 0.3) is 0 Å². The first-order valence-electron chi connectivity index (χ1n) is 3.58. The molecule has 0 saturated heterocycles. The van der Waals surface area contributed by atoms with Crippen molar-refractivity contribution < 1.29 is 0 Å². The van der Waals surface area contributed by atoms with Gasteiger partial charge in [-0.2, -0.15) is 0 Å². The zero-order chi connectivity index (χ0) is 8.48. The highest BCUT2D eigenvalue weighted by atomic mass is 35.5.